The molecule has 5 heteroatoms. The summed E-state index contributed by atoms with van der Waals surface area (Å²) in [5, 5.41) is 4.05. The van der Waals surface area contributed by atoms with Crippen LogP contribution in [0.5, 0.6) is 0 Å². The van der Waals surface area contributed by atoms with Crippen molar-refractivity contribution < 1.29 is 4.79 Å². The van der Waals surface area contributed by atoms with E-state index < -0.39 is 0 Å². The Balaban J connectivity index is 1.91. The lowest BCUT2D eigenvalue weighted by molar-refractivity contribution is -0.121. The Morgan fingerprint density at radius 2 is 2.12 bits per heavy atom. The van der Waals surface area contributed by atoms with Gasteiger partial charge in [-0.1, -0.05) is 6.07 Å². The van der Waals surface area contributed by atoms with Crippen LogP contribution >= 0.6 is 0 Å². The van der Waals surface area contributed by atoms with Gasteiger partial charge in [-0.2, -0.15) is 5.10 Å². The van der Waals surface area contributed by atoms with Crippen molar-refractivity contribution in [1.29, 1.82) is 0 Å². The highest BCUT2D eigenvalue weighted by molar-refractivity contribution is 5.87. The van der Waals surface area contributed by atoms with Crippen molar-refractivity contribution in [2.24, 2.45) is 5.10 Å². The van der Waals surface area contributed by atoms with Crippen molar-refractivity contribution in [3.8, 4) is 0 Å². The maximum Gasteiger partial charge on any atom is 0.260 e. The summed E-state index contributed by atoms with van der Waals surface area (Å²) in [4.78, 5) is 22.9. The normalized spacial score (nSPS) is 14.7. The van der Waals surface area contributed by atoms with E-state index in [4.69, 9.17) is 0 Å². The van der Waals surface area contributed by atoms with E-state index >= 15 is 0 Å². The van der Waals surface area contributed by atoms with Crippen LogP contribution in [0.3, 0.4) is 0 Å². The highest BCUT2D eigenvalue weighted by Crippen LogP contribution is 2.13. The van der Waals surface area contributed by atoms with Gasteiger partial charge in [0.05, 0.1) is 0 Å². The Kier molecular flexibility index (Phi) is 3.69. The Hall–Kier alpha value is -1.91. The van der Waals surface area contributed by atoms with Crippen LogP contribution in [0.1, 0.15) is 25.7 Å². The summed E-state index contributed by atoms with van der Waals surface area (Å²) in [5.74, 6) is -0.266. The fourth-order valence-electron chi connectivity index (χ4n) is 1.82. The van der Waals surface area contributed by atoms with Crippen molar-refractivity contribution in [3.63, 3.8) is 0 Å². The van der Waals surface area contributed by atoms with Crippen LogP contribution < -0.4 is 11.0 Å². The lowest BCUT2D eigenvalue weighted by Gasteiger charge is -2.03. The molecule has 17 heavy (non-hydrogen) atoms. The van der Waals surface area contributed by atoms with Gasteiger partial charge in [0, 0.05) is 18.0 Å². The quantitative estimate of drug-likeness (QED) is 0.788. The zero-order valence-electron chi connectivity index (χ0n) is 9.56. The van der Waals surface area contributed by atoms with E-state index in [-0.39, 0.29) is 18.0 Å². The second kappa shape index (κ2) is 5.43. The smallest absolute Gasteiger partial charge is 0.260 e. The number of nitrogens with one attached hydrogen (secondary N) is 1. The monoisotopic (exact) mass is 233 g/mol. The second-order valence-corrected chi connectivity index (χ2v) is 4.09. The molecule has 1 aromatic heterocycles. The predicted octanol–water partition coefficient (Wildman–Crippen LogP) is 0.894. The average molecular weight is 233 g/mol. The van der Waals surface area contributed by atoms with Crippen molar-refractivity contribution in [2.45, 2.75) is 32.2 Å². The number of aromatic nitrogens is 1. The van der Waals surface area contributed by atoms with Gasteiger partial charge < -0.3 is 4.57 Å². The third kappa shape index (κ3) is 3.27. The van der Waals surface area contributed by atoms with Gasteiger partial charge in [-0.25, -0.2) is 5.43 Å². The van der Waals surface area contributed by atoms with Crippen LogP contribution in [0.4, 0.5) is 0 Å². The van der Waals surface area contributed by atoms with E-state index in [9.17, 15) is 9.59 Å². The molecular weight excluding hydrogens is 218 g/mol. The predicted molar refractivity (Wildman–Crippen MR) is 64.7 cm³/mol. The lowest BCUT2D eigenvalue weighted by Crippen LogP contribution is -2.29. The Morgan fingerprint density at radius 3 is 2.82 bits per heavy atom. The molecule has 0 spiro atoms. The molecule has 1 heterocycles. The Labute approximate surface area is 99.1 Å². The van der Waals surface area contributed by atoms with E-state index in [2.05, 4.69) is 10.5 Å². The highest BCUT2D eigenvalue weighted by atomic mass is 16.2. The molecule has 1 aliphatic carbocycles. The van der Waals surface area contributed by atoms with Crippen LogP contribution in [-0.4, -0.2) is 16.2 Å². The molecule has 0 aliphatic heterocycles. The summed E-state index contributed by atoms with van der Waals surface area (Å²) >= 11 is 0. The molecule has 2 rings (SSSR count). The molecule has 0 bridgehead atoms. The van der Waals surface area contributed by atoms with Gasteiger partial charge in [-0.15, -0.1) is 0 Å². The van der Waals surface area contributed by atoms with Crippen LogP contribution in [0.2, 0.25) is 0 Å². The minimum absolute atomic E-state index is 0.0104. The lowest BCUT2D eigenvalue weighted by atomic mass is 10.3. The number of nitrogens with zero attached hydrogens (tertiary/aromatic N) is 2. The first kappa shape index (κ1) is 11.6. The number of hydrogen-bond donors (Lipinski definition) is 1. The van der Waals surface area contributed by atoms with Gasteiger partial charge >= 0.3 is 0 Å². The molecule has 1 saturated carbocycles. The van der Waals surface area contributed by atoms with Gasteiger partial charge in [0.1, 0.15) is 6.54 Å². The summed E-state index contributed by atoms with van der Waals surface area (Å²) in [6.07, 6.45) is 5.81. The first-order chi connectivity index (χ1) is 8.25. The number of rotatable bonds is 3. The maximum absolute atomic E-state index is 11.5. The Morgan fingerprint density at radius 1 is 1.35 bits per heavy atom. The third-order valence-corrected chi connectivity index (χ3v) is 2.73. The standard InChI is InChI=1S/C12H15N3O2/c16-11(14-13-10-5-1-2-6-10)9-15-8-4-3-7-12(15)17/h3-4,7-8H,1-2,5-6,9H2,(H,14,16). The highest BCUT2D eigenvalue weighted by Gasteiger charge is 2.09. The molecule has 1 aliphatic rings. The van der Waals surface area contributed by atoms with Gasteiger partial charge in [0.2, 0.25) is 0 Å². The number of hydrazone groups is 1. The van der Waals surface area contributed by atoms with Gasteiger partial charge in [-0.3, -0.25) is 9.59 Å². The van der Waals surface area contributed by atoms with Gasteiger partial charge in [0.25, 0.3) is 11.5 Å². The van der Waals surface area contributed by atoms with Crippen molar-refractivity contribution in [3.05, 3.63) is 34.7 Å². The Bertz CT molecular complexity index is 483. The number of carbonyl (C=O) groups is 1. The van der Waals surface area contributed by atoms with E-state index in [1.807, 2.05) is 0 Å². The third-order valence-electron chi connectivity index (χ3n) is 2.73. The van der Waals surface area contributed by atoms with E-state index in [0.29, 0.717) is 0 Å². The molecule has 1 amide bonds. The molecule has 0 atom stereocenters. The van der Waals surface area contributed by atoms with Crippen LogP contribution in [0, 0.1) is 0 Å². The minimum Gasteiger partial charge on any atom is -0.306 e. The van der Waals surface area contributed by atoms with Gasteiger partial charge in [-0.05, 0) is 31.7 Å². The largest absolute Gasteiger partial charge is 0.306 e. The van der Waals surface area contributed by atoms with Gasteiger partial charge in [0.15, 0.2) is 0 Å². The zero-order valence-corrected chi connectivity index (χ0v) is 9.56. The number of hydrogen-bond acceptors (Lipinski definition) is 3. The first-order valence-electron chi connectivity index (χ1n) is 5.75. The summed E-state index contributed by atoms with van der Waals surface area (Å²) in [5.41, 5.74) is 3.35. The fraction of sp³-hybridized carbons (Fsp3) is 0.417. The molecule has 0 saturated heterocycles. The topological polar surface area (TPSA) is 63.5 Å². The molecule has 1 aromatic rings. The summed E-state index contributed by atoms with van der Waals surface area (Å²) in [6, 6.07) is 4.79. The molecule has 1 N–H and O–H groups in total. The van der Waals surface area contributed by atoms with Crippen molar-refractivity contribution in [1.82, 2.24) is 9.99 Å². The molecule has 5 nitrogen and oxygen atoms in total. The van der Waals surface area contributed by atoms with E-state index in [1.165, 1.54) is 10.6 Å². The molecule has 90 valence electrons. The maximum atomic E-state index is 11.5. The number of carbonyl (C=O) groups excluding carboxylic acids is 1. The number of amides is 1. The first-order valence-corrected chi connectivity index (χ1v) is 5.75. The summed E-state index contributed by atoms with van der Waals surface area (Å²) in [6.45, 7) is 0.0104. The van der Waals surface area contributed by atoms with Crippen molar-refractivity contribution >= 4 is 11.6 Å². The van der Waals surface area contributed by atoms with E-state index in [0.717, 1.165) is 31.4 Å². The van der Waals surface area contributed by atoms with Crippen LogP contribution in [-0.2, 0) is 11.3 Å². The second-order valence-electron chi connectivity index (χ2n) is 4.09. The van der Waals surface area contributed by atoms with Crippen LogP contribution in [0.15, 0.2) is 34.3 Å². The molecular formula is C12H15N3O2. The SMILES string of the molecule is O=C(Cn1ccccc1=O)NN=C1CCCC1. The minimum atomic E-state index is -0.266. The fourth-order valence-corrected chi connectivity index (χ4v) is 1.82. The average Bonchev–Trinajstić information content (AvgIpc) is 2.82. The summed E-state index contributed by atoms with van der Waals surface area (Å²) in [7, 11) is 0. The van der Waals surface area contributed by atoms with E-state index in [1.54, 1.807) is 18.3 Å². The van der Waals surface area contributed by atoms with Crippen LogP contribution in [0.25, 0.3) is 0 Å². The molecule has 0 unspecified atom stereocenters. The van der Waals surface area contributed by atoms with Crippen molar-refractivity contribution in [2.75, 3.05) is 0 Å². The zero-order chi connectivity index (χ0) is 12.1. The molecule has 0 aromatic carbocycles. The molecule has 0 radical (unpaired) electrons. The summed E-state index contributed by atoms with van der Waals surface area (Å²) < 4.78 is 1.35. The number of pyridine rings is 1. The molecule has 1 fully saturated rings.